The minimum atomic E-state index is -0.0434. The highest BCUT2D eigenvalue weighted by atomic mass is 32.2. The lowest BCUT2D eigenvalue weighted by atomic mass is 10.1. The lowest BCUT2D eigenvalue weighted by Crippen LogP contribution is -2.33. The first kappa shape index (κ1) is 16.6. The first-order valence-electron chi connectivity index (χ1n) is 6.67. The van der Waals surface area contributed by atoms with Crippen molar-refractivity contribution in [1.82, 2.24) is 5.32 Å². The van der Waals surface area contributed by atoms with E-state index in [1.54, 1.807) is 11.8 Å². The van der Waals surface area contributed by atoms with E-state index in [0.717, 1.165) is 23.3 Å². The number of thioether (sulfide) groups is 1. The number of nitrogens with two attached hydrogens (primary N) is 1. The molecule has 3 N–H and O–H groups in total. The molecule has 3 nitrogen and oxygen atoms in total. The Labute approximate surface area is 125 Å². The van der Waals surface area contributed by atoms with E-state index in [-0.39, 0.29) is 11.9 Å². The molecule has 1 rings (SSSR count). The van der Waals surface area contributed by atoms with Gasteiger partial charge in [-0.05, 0) is 56.0 Å². The number of rotatable bonds is 5. The molecule has 0 aliphatic heterocycles. The Morgan fingerprint density at radius 1 is 1.45 bits per heavy atom. The maximum Gasteiger partial charge on any atom is 0.251 e. The van der Waals surface area contributed by atoms with Gasteiger partial charge in [-0.2, -0.15) is 11.8 Å². The molecule has 0 aliphatic carbocycles. The van der Waals surface area contributed by atoms with E-state index in [9.17, 15) is 4.79 Å². The van der Waals surface area contributed by atoms with Crippen molar-refractivity contribution in [2.45, 2.75) is 26.3 Å². The smallest absolute Gasteiger partial charge is 0.251 e. The second-order valence-corrected chi connectivity index (χ2v) is 5.74. The Morgan fingerprint density at radius 3 is 2.85 bits per heavy atom. The topological polar surface area (TPSA) is 55.1 Å². The van der Waals surface area contributed by atoms with Crippen LogP contribution in [0.4, 0.5) is 0 Å². The number of nitrogens with one attached hydrogen (secondary N) is 1. The summed E-state index contributed by atoms with van der Waals surface area (Å²) in [6.07, 6.45) is 3.04. The van der Waals surface area contributed by atoms with E-state index in [0.29, 0.717) is 12.1 Å². The number of hydrogen-bond donors (Lipinski definition) is 2. The standard InChI is InChI=1S/C16H22N2OS/c1-12-9-14(5-4-7-17)11-15(10-12)16(19)18-13(2)6-8-20-3/h9-11,13H,6-8,17H2,1-3H3,(H,18,19). The third-order valence-corrected chi connectivity index (χ3v) is 3.45. The van der Waals surface area contributed by atoms with Crippen LogP contribution < -0.4 is 11.1 Å². The maximum absolute atomic E-state index is 12.2. The average Bonchev–Trinajstić information content (AvgIpc) is 2.42. The number of aryl methyl sites for hydroxylation is 1. The Kier molecular flexibility index (Phi) is 7.21. The molecule has 108 valence electrons. The Bertz CT molecular complexity index is 517. The summed E-state index contributed by atoms with van der Waals surface area (Å²) in [6, 6.07) is 5.82. The SMILES string of the molecule is CSCCC(C)NC(=O)c1cc(C)cc(C#CCN)c1. The monoisotopic (exact) mass is 290 g/mol. The lowest BCUT2D eigenvalue weighted by Gasteiger charge is -2.13. The minimum Gasteiger partial charge on any atom is -0.350 e. The molecule has 4 heteroatoms. The van der Waals surface area contributed by atoms with E-state index in [1.165, 1.54) is 0 Å². The average molecular weight is 290 g/mol. The van der Waals surface area contributed by atoms with Gasteiger partial charge in [0.25, 0.3) is 5.91 Å². The summed E-state index contributed by atoms with van der Waals surface area (Å²) in [5, 5.41) is 3.02. The molecule has 0 saturated carbocycles. The van der Waals surface area contributed by atoms with E-state index >= 15 is 0 Å². The van der Waals surface area contributed by atoms with Crippen molar-refractivity contribution in [2.24, 2.45) is 5.73 Å². The predicted molar refractivity (Wildman–Crippen MR) is 87.0 cm³/mol. The molecule has 0 aliphatic rings. The Hall–Kier alpha value is -1.44. The third kappa shape index (κ3) is 5.68. The highest BCUT2D eigenvalue weighted by molar-refractivity contribution is 7.98. The van der Waals surface area contributed by atoms with Gasteiger partial charge >= 0.3 is 0 Å². The van der Waals surface area contributed by atoms with Crippen LogP contribution >= 0.6 is 11.8 Å². The van der Waals surface area contributed by atoms with Crippen molar-refractivity contribution >= 4 is 17.7 Å². The zero-order valence-electron chi connectivity index (χ0n) is 12.3. The molecule has 0 saturated heterocycles. The van der Waals surface area contributed by atoms with Crippen molar-refractivity contribution in [1.29, 1.82) is 0 Å². The Morgan fingerprint density at radius 2 is 2.20 bits per heavy atom. The second-order valence-electron chi connectivity index (χ2n) is 4.75. The number of amides is 1. The summed E-state index contributed by atoms with van der Waals surface area (Å²) < 4.78 is 0. The molecule has 0 heterocycles. The Balaban J connectivity index is 2.79. The summed E-state index contributed by atoms with van der Waals surface area (Å²) in [5.41, 5.74) is 7.88. The van der Waals surface area contributed by atoms with Crippen LogP contribution in [0.3, 0.4) is 0 Å². The highest BCUT2D eigenvalue weighted by Crippen LogP contribution is 2.10. The van der Waals surface area contributed by atoms with Crippen LogP contribution in [0.1, 0.15) is 34.8 Å². The fourth-order valence-electron chi connectivity index (χ4n) is 1.81. The van der Waals surface area contributed by atoms with Gasteiger partial charge in [0.1, 0.15) is 0 Å². The molecule has 0 bridgehead atoms. The maximum atomic E-state index is 12.2. The van der Waals surface area contributed by atoms with Crippen molar-refractivity contribution < 1.29 is 4.79 Å². The first-order chi connectivity index (χ1) is 9.56. The molecule has 1 aromatic carbocycles. The van der Waals surface area contributed by atoms with Gasteiger partial charge < -0.3 is 11.1 Å². The van der Waals surface area contributed by atoms with Crippen LogP contribution in [0.25, 0.3) is 0 Å². The van der Waals surface area contributed by atoms with Crippen LogP contribution in [0, 0.1) is 18.8 Å². The summed E-state index contributed by atoms with van der Waals surface area (Å²) in [5.74, 6) is 6.78. The zero-order chi connectivity index (χ0) is 15.0. The van der Waals surface area contributed by atoms with Crippen LogP contribution in [-0.4, -0.2) is 30.5 Å². The van der Waals surface area contributed by atoms with Crippen molar-refractivity contribution in [3.63, 3.8) is 0 Å². The summed E-state index contributed by atoms with van der Waals surface area (Å²) >= 11 is 1.79. The fourth-order valence-corrected chi connectivity index (χ4v) is 2.40. The molecule has 1 aromatic rings. The van der Waals surface area contributed by atoms with Gasteiger partial charge in [0.05, 0.1) is 6.54 Å². The van der Waals surface area contributed by atoms with Crippen LogP contribution in [0.2, 0.25) is 0 Å². The van der Waals surface area contributed by atoms with Gasteiger partial charge in [-0.1, -0.05) is 11.8 Å². The van der Waals surface area contributed by atoms with Crippen LogP contribution in [0.5, 0.6) is 0 Å². The number of carbonyl (C=O) groups excluding carboxylic acids is 1. The number of carbonyl (C=O) groups is 1. The van der Waals surface area contributed by atoms with E-state index < -0.39 is 0 Å². The lowest BCUT2D eigenvalue weighted by molar-refractivity contribution is 0.0939. The molecule has 1 amide bonds. The minimum absolute atomic E-state index is 0.0434. The van der Waals surface area contributed by atoms with E-state index in [1.807, 2.05) is 32.0 Å². The highest BCUT2D eigenvalue weighted by Gasteiger charge is 2.10. The van der Waals surface area contributed by atoms with E-state index in [2.05, 4.69) is 23.4 Å². The first-order valence-corrected chi connectivity index (χ1v) is 8.06. The van der Waals surface area contributed by atoms with Gasteiger partial charge in [0.2, 0.25) is 0 Å². The molecule has 0 fully saturated rings. The summed E-state index contributed by atoms with van der Waals surface area (Å²) in [6.45, 7) is 4.31. The number of benzene rings is 1. The molecule has 0 aromatic heterocycles. The quantitative estimate of drug-likeness (QED) is 0.817. The van der Waals surface area contributed by atoms with Gasteiger partial charge in [0, 0.05) is 17.2 Å². The summed E-state index contributed by atoms with van der Waals surface area (Å²) in [4.78, 5) is 12.2. The fraction of sp³-hybridized carbons (Fsp3) is 0.438. The molecule has 0 radical (unpaired) electrons. The predicted octanol–water partition coefficient (Wildman–Crippen LogP) is 2.18. The molecular formula is C16H22N2OS. The van der Waals surface area contributed by atoms with Gasteiger partial charge in [0.15, 0.2) is 0 Å². The molecule has 0 spiro atoms. The molecule has 20 heavy (non-hydrogen) atoms. The van der Waals surface area contributed by atoms with Gasteiger partial charge in [-0.25, -0.2) is 0 Å². The molecule has 1 unspecified atom stereocenters. The molecule has 1 atom stereocenters. The van der Waals surface area contributed by atoms with E-state index in [4.69, 9.17) is 5.73 Å². The zero-order valence-corrected chi connectivity index (χ0v) is 13.1. The van der Waals surface area contributed by atoms with Crippen LogP contribution in [-0.2, 0) is 0 Å². The normalized spacial score (nSPS) is 11.4. The number of hydrogen-bond acceptors (Lipinski definition) is 3. The third-order valence-electron chi connectivity index (χ3n) is 2.81. The second kappa shape index (κ2) is 8.68. The van der Waals surface area contributed by atoms with Crippen molar-refractivity contribution in [2.75, 3.05) is 18.6 Å². The molecular weight excluding hydrogens is 268 g/mol. The van der Waals surface area contributed by atoms with Crippen LogP contribution in [0.15, 0.2) is 18.2 Å². The summed E-state index contributed by atoms with van der Waals surface area (Å²) in [7, 11) is 0. The van der Waals surface area contributed by atoms with Crippen molar-refractivity contribution in [3.05, 3.63) is 34.9 Å². The van der Waals surface area contributed by atoms with Gasteiger partial charge in [-0.15, -0.1) is 0 Å². The largest absolute Gasteiger partial charge is 0.350 e. The van der Waals surface area contributed by atoms with Gasteiger partial charge in [-0.3, -0.25) is 4.79 Å². The van der Waals surface area contributed by atoms with Crippen molar-refractivity contribution in [3.8, 4) is 11.8 Å².